The van der Waals surface area contributed by atoms with Gasteiger partial charge in [-0.15, -0.1) is 10.2 Å². The molecule has 2 fully saturated rings. The topological polar surface area (TPSA) is 122 Å². The number of sulfonamides is 1. The fourth-order valence-corrected chi connectivity index (χ4v) is 6.51. The summed E-state index contributed by atoms with van der Waals surface area (Å²) in [4.78, 5) is 29.0. The van der Waals surface area contributed by atoms with E-state index in [1.54, 1.807) is 4.90 Å². The first-order valence-corrected chi connectivity index (χ1v) is 13.6. The fourth-order valence-electron chi connectivity index (χ4n) is 3.95. The quantitative estimate of drug-likeness (QED) is 0.372. The summed E-state index contributed by atoms with van der Waals surface area (Å²) in [5.41, 5.74) is -0.505. The number of aromatic nitrogens is 2. The van der Waals surface area contributed by atoms with E-state index in [9.17, 15) is 18.0 Å². The van der Waals surface area contributed by atoms with Crippen LogP contribution >= 0.6 is 11.3 Å². The van der Waals surface area contributed by atoms with Crippen LogP contribution in [0.15, 0.2) is 4.34 Å². The zero-order chi connectivity index (χ0) is 24.4. The van der Waals surface area contributed by atoms with E-state index in [4.69, 9.17) is 9.47 Å². The Balaban J connectivity index is 1.99. The predicted octanol–water partition coefficient (Wildman–Crippen LogP) is 2.44. The van der Waals surface area contributed by atoms with Gasteiger partial charge < -0.3 is 14.4 Å². The second-order valence-corrected chi connectivity index (χ2v) is 11.7. The second kappa shape index (κ2) is 10.2. The molecule has 33 heavy (non-hydrogen) atoms. The molecule has 186 valence electrons. The van der Waals surface area contributed by atoms with Crippen LogP contribution in [0, 0.1) is 0 Å². The Labute approximate surface area is 199 Å². The Bertz CT molecular complexity index is 960. The lowest BCUT2D eigenvalue weighted by Crippen LogP contribution is -2.50. The Morgan fingerprint density at radius 3 is 2.45 bits per heavy atom. The van der Waals surface area contributed by atoms with E-state index in [0.29, 0.717) is 32.5 Å². The molecule has 2 saturated heterocycles. The van der Waals surface area contributed by atoms with E-state index in [2.05, 4.69) is 10.2 Å². The number of nitrogens with zero attached hydrogens (tertiary/aromatic N) is 5. The third-order valence-corrected chi connectivity index (χ3v) is 9.27. The minimum absolute atomic E-state index is 0.0917. The van der Waals surface area contributed by atoms with Crippen LogP contribution in [-0.2, 0) is 24.3 Å². The van der Waals surface area contributed by atoms with E-state index in [1.807, 2.05) is 34.6 Å². The zero-order valence-electron chi connectivity index (χ0n) is 19.8. The molecule has 0 saturated carbocycles. The lowest BCUT2D eigenvalue weighted by molar-refractivity contribution is -0.150. The molecule has 0 N–H and O–H groups in total. The normalized spacial score (nSPS) is 22.8. The van der Waals surface area contributed by atoms with Gasteiger partial charge in [-0.2, -0.15) is 4.31 Å². The van der Waals surface area contributed by atoms with E-state index in [1.165, 1.54) is 9.21 Å². The van der Waals surface area contributed by atoms with Crippen molar-refractivity contribution in [3.63, 3.8) is 0 Å². The summed E-state index contributed by atoms with van der Waals surface area (Å²) in [5.74, 6) is -0.416. The van der Waals surface area contributed by atoms with Crippen molar-refractivity contribution >= 4 is 38.5 Å². The summed E-state index contributed by atoms with van der Waals surface area (Å²) in [6, 6.07) is -0.786. The number of morpholine rings is 1. The molecule has 2 atom stereocenters. The van der Waals surface area contributed by atoms with Crippen molar-refractivity contribution in [2.24, 2.45) is 0 Å². The van der Waals surface area contributed by atoms with Gasteiger partial charge in [0.05, 0.1) is 19.3 Å². The number of amides is 2. The second-order valence-electron chi connectivity index (χ2n) is 8.66. The molecule has 2 aliphatic heterocycles. The smallest absolute Gasteiger partial charge is 0.330 e. The van der Waals surface area contributed by atoms with Gasteiger partial charge in [0.2, 0.25) is 15.7 Å². The lowest BCUT2D eigenvalue weighted by atomic mass is 9.97. The molecule has 2 unspecified atom stereocenters. The molecule has 2 amide bonds. The lowest BCUT2D eigenvalue weighted by Gasteiger charge is -2.38. The highest BCUT2D eigenvalue weighted by Gasteiger charge is 2.53. The molecule has 13 heteroatoms. The largest absolute Gasteiger partial charge is 0.439 e. The van der Waals surface area contributed by atoms with E-state index < -0.39 is 33.8 Å². The molecule has 0 spiro atoms. The van der Waals surface area contributed by atoms with Crippen LogP contribution in [0.5, 0.6) is 0 Å². The average molecular weight is 504 g/mol. The average Bonchev–Trinajstić information content (AvgIpc) is 3.37. The van der Waals surface area contributed by atoms with Crippen molar-refractivity contribution in [3.05, 3.63) is 0 Å². The molecular formula is C20H33N5O6S2. The molecule has 0 aliphatic carbocycles. The summed E-state index contributed by atoms with van der Waals surface area (Å²) in [7, 11) is -3.86. The molecule has 2 aliphatic rings. The number of rotatable bonds is 9. The Kier molecular flexibility index (Phi) is 7.97. The number of hydrogen-bond donors (Lipinski definition) is 0. The van der Waals surface area contributed by atoms with Crippen LogP contribution in [0.25, 0.3) is 0 Å². The van der Waals surface area contributed by atoms with Gasteiger partial charge in [-0.25, -0.2) is 18.1 Å². The Hall–Kier alpha value is -1.83. The number of esters is 1. The minimum atomic E-state index is -3.86. The molecule has 1 aromatic heterocycles. The number of anilines is 1. The van der Waals surface area contributed by atoms with Gasteiger partial charge in [0.1, 0.15) is 0 Å². The number of carbonyl (C=O) groups is 2. The number of hydrogen-bond acceptors (Lipinski definition) is 9. The van der Waals surface area contributed by atoms with Gasteiger partial charge in [-0.05, 0) is 33.1 Å². The van der Waals surface area contributed by atoms with E-state index in [-0.39, 0.29) is 35.0 Å². The third-order valence-electron chi connectivity index (χ3n) is 6.10. The summed E-state index contributed by atoms with van der Waals surface area (Å²) in [6.07, 6.45) is 1.15. The highest BCUT2D eigenvalue weighted by molar-refractivity contribution is 7.91. The van der Waals surface area contributed by atoms with Crippen LogP contribution in [0.1, 0.15) is 60.3 Å². The predicted molar refractivity (Wildman–Crippen MR) is 122 cm³/mol. The van der Waals surface area contributed by atoms with Crippen LogP contribution < -0.4 is 4.90 Å². The van der Waals surface area contributed by atoms with Crippen molar-refractivity contribution in [3.8, 4) is 0 Å². The Morgan fingerprint density at radius 1 is 1.21 bits per heavy atom. The van der Waals surface area contributed by atoms with Crippen molar-refractivity contribution in [1.82, 2.24) is 19.4 Å². The van der Waals surface area contributed by atoms with Gasteiger partial charge in [0, 0.05) is 25.0 Å². The molecular weight excluding hydrogens is 470 g/mol. The van der Waals surface area contributed by atoms with Gasteiger partial charge in [-0.3, -0.25) is 4.79 Å². The van der Waals surface area contributed by atoms with Gasteiger partial charge in [-0.1, -0.05) is 32.1 Å². The summed E-state index contributed by atoms with van der Waals surface area (Å²) in [5, 5.41) is 8.03. The number of carbonyl (C=O) groups excluding carboxylic acids is 2. The van der Waals surface area contributed by atoms with Crippen LogP contribution in [0.4, 0.5) is 9.93 Å². The highest BCUT2D eigenvalue weighted by atomic mass is 32.2. The maximum Gasteiger partial charge on any atom is 0.330 e. The first kappa shape index (κ1) is 25.8. The molecule has 0 radical (unpaired) electrons. The molecule has 1 aromatic rings. The summed E-state index contributed by atoms with van der Waals surface area (Å²) >= 11 is 0.806. The first-order chi connectivity index (χ1) is 15.6. The van der Waals surface area contributed by atoms with Gasteiger partial charge >= 0.3 is 12.0 Å². The molecule has 3 heterocycles. The monoisotopic (exact) mass is 503 g/mol. The van der Waals surface area contributed by atoms with Crippen LogP contribution in [0.2, 0.25) is 0 Å². The molecule has 11 nitrogen and oxygen atoms in total. The van der Waals surface area contributed by atoms with Crippen molar-refractivity contribution in [1.29, 1.82) is 0 Å². The third kappa shape index (κ3) is 5.00. The minimum Gasteiger partial charge on any atom is -0.439 e. The summed E-state index contributed by atoms with van der Waals surface area (Å²) in [6.45, 7) is 10.8. The van der Waals surface area contributed by atoms with Gasteiger partial charge in [0.25, 0.3) is 10.0 Å². The fraction of sp³-hybridized carbons (Fsp3) is 0.800. The molecule has 0 aromatic carbocycles. The SMILES string of the molecule is CCCC(=O)OC1C(CC)N(C(C)(C)CC)C(=O)N1c1nnc(S(=O)(=O)N2CCOCC2)s1. The maximum absolute atomic E-state index is 13.6. The maximum atomic E-state index is 13.6. The standard InChI is InChI=1S/C20H33N5O6S2/c1-6-9-15(26)31-16-14(7-2)25(20(4,5)8-3)19(27)24(16)17-21-22-18(32-17)33(28,29)23-10-12-30-13-11-23/h14,16H,6-13H2,1-5H3. The first-order valence-electron chi connectivity index (χ1n) is 11.3. The van der Waals surface area contributed by atoms with E-state index >= 15 is 0 Å². The Morgan fingerprint density at radius 2 is 1.88 bits per heavy atom. The van der Waals surface area contributed by atoms with Crippen molar-refractivity contribution in [2.75, 3.05) is 31.2 Å². The zero-order valence-corrected chi connectivity index (χ0v) is 21.4. The molecule has 0 bridgehead atoms. The van der Waals surface area contributed by atoms with Crippen molar-refractivity contribution < 1.29 is 27.5 Å². The van der Waals surface area contributed by atoms with Crippen LogP contribution in [-0.4, -0.2) is 83.9 Å². The number of ether oxygens (including phenoxy) is 2. The molecule has 3 rings (SSSR count). The highest BCUT2D eigenvalue weighted by Crippen LogP contribution is 2.39. The van der Waals surface area contributed by atoms with Gasteiger partial charge in [0.15, 0.2) is 0 Å². The van der Waals surface area contributed by atoms with Crippen molar-refractivity contribution in [2.45, 2.75) is 82.5 Å². The van der Waals surface area contributed by atoms with E-state index in [0.717, 1.165) is 11.3 Å². The number of urea groups is 1. The summed E-state index contributed by atoms with van der Waals surface area (Å²) < 4.78 is 38.1. The van der Waals surface area contributed by atoms with Crippen LogP contribution in [0.3, 0.4) is 0 Å².